The summed E-state index contributed by atoms with van der Waals surface area (Å²) in [5, 5.41) is 3.85. The summed E-state index contributed by atoms with van der Waals surface area (Å²) in [4.78, 5) is 7.14. The molecule has 142 valence electrons. The largest absolute Gasteiger partial charge is 0.497 e. The Morgan fingerprint density at radius 3 is 2.59 bits per heavy atom. The molecule has 0 N–H and O–H groups in total. The lowest BCUT2D eigenvalue weighted by Gasteiger charge is -2.20. The van der Waals surface area contributed by atoms with Crippen LogP contribution in [0, 0.1) is 0 Å². The third kappa shape index (κ3) is 4.80. The van der Waals surface area contributed by atoms with E-state index in [1.807, 2.05) is 36.4 Å². The highest BCUT2D eigenvalue weighted by atomic mass is 35.5. The molecule has 0 fully saturated rings. The topological polar surface area (TPSA) is 34.6 Å². The maximum atomic E-state index is 6.31. The highest BCUT2D eigenvalue weighted by molar-refractivity contribution is 7.13. The third-order valence-corrected chi connectivity index (χ3v) is 5.67. The summed E-state index contributed by atoms with van der Waals surface area (Å²) in [6.07, 6.45) is 0. The predicted molar refractivity (Wildman–Crippen MR) is 112 cm³/mol. The number of hydrogen-bond acceptors (Lipinski definition) is 5. The fourth-order valence-corrected chi connectivity index (χ4v) is 3.89. The summed E-state index contributed by atoms with van der Waals surface area (Å²) in [5.41, 5.74) is 3.15. The van der Waals surface area contributed by atoms with E-state index in [1.54, 1.807) is 25.6 Å². The maximum Gasteiger partial charge on any atom is 0.132 e. The molecule has 0 aliphatic heterocycles. The van der Waals surface area contributed by atoms with Gasteiger partial charge in [-0.1, -0.05) is 36.7 Å². The molecule has 0 radical (unpaired) electrons. The van der Waals surface area contributed by atoms with E-state index in [0.29, 0.717) is 0 Å². The van der Waals surface area contributed by atoms with Gasteiger partial charge in [-0.05, 0) is 30.3 Å². The molecule has 0 bridgehead atoms. The zero-order valence-electron chi connectivity index (χ0n) is 15.7. The van der Waals surface area contributed by atoms with Crippen molar-refractivity contribution in [2.75, 3.05) is 20.8 Å². The Bertz CT molecular complexity index is 897. The molecule has 1 heterocycles. The van der Waals surface area contributed by atoms with Crippen LogP contribution < -0.4 is 9.47 Å². The SMILES string of the molecule is CCN(Cc1csc(-c2ccc(OC)cc2OC)n1)Cc1ccccc1Cl. The molecule has 0 unspecified atom stereocenters. The van der Waals surface area contributed by atoms with Gasteiger partial charge in [0, 0.05) is 29.6 Å². The molecule has 1 aromatic heterocycles. The number of rotatable bonds is 8. The second-order valence-corrected chi connectivity index (χ2v) is 7.37. The summed E-state index contributed by atoms with van der Waals surface area (Å²) in [6.45, 7) is 4.64. The minimum atomic E-state index is 0.763. The van der Waals surface area contributed by atoms with Crippen LogP contribution in [0.4, 0.5) is 0 Å². The van der Waals surface area contributed by atoms with Gasteiger partial charge >= 0.3 is 0 Å². The number of benzene rings is 2. The first kappa shape index (κ1) is 19.7. The third-order valence-electron chi connectivity index (χ3n) is 4.38. The Hall–Kier alpha value is -2.08. The van der Waals surface area contributed by atoms with Gasteiger partial charge in [0.15, 0.2) is 0 Å². The molecule has 0 spiro atoms. The lowest BCUT2D eigenvalue weighted by Crippen LogP contribution is -2.22. The van der Waals surface area contributed by atoms with Crippen LogP contribution in [0.2, 0.25) is 5.02 Å². The Morgan fingerprint density at radius 2 is 1.89 bits per heavy atom. The van der Waals surface area contributed by atoms with Gasteiger partial charge in [-0.3, -0.25) is 4.90 Å². The fourth-order valence-electron chi connectivity index (χ4n) is 2.85. The monoisotopic (exact) mass is 402 g/mol. The van der Waals surface area contributed by atoms with Crippen molar-refractivity contribution in [2.45, 2.75) is 20.0 Å². The van der Waals surface area contributed by atoms with Crippen LogP contribution in [0.1, 0.15) is 18.2 Å². The van der Waals surface area contributed by atoms with Gasteiger partial charge < -0.3 is 9.47 Å². The first-order valence-electron chi connectivity index (χ1n) is 8.77. The van der Waals surface area contributed by atoms with Crippen molar-refractivity contribution >= 4 is 22.9 Å². The summed E-state index contributed by atoms with van der Waals surface area (Å²) < 4.78 is 10.8. The number of ether oxygens (including phenoxy) is 2. The minimum Gasteiger partial charge on any atom is -0.497 e. The van der Waals surface area contributed by atoms with E-state index in [9.17, 15) is 0 Å². The summed E-state index contributed by atoms with van der Waals surface area (Å²) in [5.74, 6) is 1.53. The smallest absolute Gasteiger partial charge is 0.132 e. The van der Waals surface area contributed by atoms with Gasteiger partial charge in [0.2, 0.25) is 0 Å². The van der Waals surface area contributed by atoms with Crippen LogP contribution in [-0.2, 0) is 13.1 Å². The molecule has 6 heteroatoms. The molecule has 0 amide bonds. The Morgan fingerprint density at radius 1 is 1.07 bits per heavy atom. The van der Waals surface area contributed by atoms with E-state index in [0.717, 1.165) is 58.0 Å². The Balaban J connectivity index is 1.76. The lowest BCUT2D eigenvalue weighted by molar-refractivity contribution is 0.269. The number of hydrogen-bond donors (Lipinski definition) is 0. The van der Waals surface area contributed by atoms with Crippen molar-refractivity contribution < 1.29 is 9.47 Å². The maximum absolute atomic E-state index is 6.31. The Labute approximate surface area is 169 Å². The molecule has 0 saturated carbocycles. The van der Waals surface area contributed by atoms with E-state index >= 15 is 0 Å². The van der Waals surface area contributed by atoms with E-state index in [1.165, 1.54) is 0 Å². The van der Waals surface area contributed by atoms with E-state index in [4.69, 9.17) is 26.1 Å². The summed E-state index contributed by atoms with van der Waals surface area (Å²) in [7, 11) is 3.31. The number of aromatic nitrogens is 1. The first-order valence-corrected chi connectivity index (χ1v) is 10.0. The predicted octanol–water partition coefficient (Wildman–Crippen LogP) is 5.50. The summed E-state index contributed by atoms with van der Waals surface area (Å²) >= 11 is 7.93. The fraction of sp³-hybridized carbons (Fsp3) is 0.286. The molecule has 3 rings (SSSR count). The van der Waals surface area contributed by atoms with Gasteiger partial charge in [0.25, 0.3) is 0 Å². The molecule has 0 aliphatic carbocycles. The van der Waals surface area contributed by atoms with Crippen LogP contribution in [0.5, 0.6) is 11.5 Å². The normalized spacial score (nSPS) is 11.0. The standard InChI is InChI=1S/C21H23ClN2O2S/c1-4-24(12-15-7-5-6-8-19(15)22)13-16-14-27-21(23-16)18-10-9-17(25-2)11-20(18)26-3/h5-11,14H,4,12-13H2,1-3H3. The van der Waals surface area contributed by atoms with E-state index < -0.39 is 0 Å². The van der Waals surface area contributed by atoms with Gasteiger partial charge in [-0.2, -0.15) is 0 Å². The number of nitrogens with zero attached hydrogens (tertiary/aromatic N) is 2. The minimum absolute atomic E-state index is 0.763. The van der Waals surface area contributed by atoms with Crippen LogP contribution >= 0.6 is 22.9 Å². The quantitative estimate of drug-likeness (QED) is 0.498. The molecular weight excluding hydrogens is 380 g/mol. The molecule has 2 aromatic carbocycles. The Kier molecular flexibility index (Phi) is 6.72. The molecule has 27 heavy (non-hydrogen) atoms. The van der Waals surface area contributed by atoms with E-state index in [2.05, 4.69) is 23.3 Å². The van der Waals surface area contributed by atoms with Crippen molar-refractivity contribution in [3.05, 3.63) is 64.1 Å². The van der Waals surface area contributed by atoms with Crippen molar-refractivity contribution in [3.63, 3.8) is 0 Å². The van der Waals surface area contributed by atoms with Crippen molar-refractivity contribution in [3.8, 4) is 22.1 Å². The van der Waals surface area contributed by atoms with Crippen molar-refractivity contribution in [1.29, 1.82) is 0 Å². The number of methoxy groups -OCH3 is 2. The number of halogens is 1. The first-order chi connectivity index (χ1) is 13.1. The molecule has 3 aromatic rings. The molecule has 0 aliphatic rings. The average Bonchev–Trinajstić information content (AvgIpc) is 3.16. The summed E-state index contributed by atoms with van der Waals surface area (Å²) in [6, 6.07) is 13.8. The van der Waals surface area contributed by atoms with Gasteiger partial charge in [0.05, 0.1) is 25.5 Å². The van der Waals surface area contributed by atoms with Crippen LogP contribution in [-0.4, -0.2) is 30.6 Å². The van der Waals surface area contributed by atoms with E-state index in [-0.39, 0.29) is 0 Å². The second kappa shape index (κ2) is 9.22. The van der Waals surface area contributed by atoms with Crippen LogP contribution in [0.15, 0.2) is 47.8 Å². The van der Waals surface area contributed by atoms with Crippen LogP contribution in [0.3, 0.4) is 0 Å². The van der Waals surface area contributed by atoms with Crippen molar-refractivity contribution in [1.82, 2.24) is 9.88 Å². The van der Waals surface area contributed by atoms with Gasteiger partial charge in [-0.15, -0.1) is 11.3 Å². The molecule has 0 saturated heterocycles. The second-order valence-electron chi connectivity index (χ2n) is 6.10. The number of thiazole rings is 1. The molecule has 0 atom stereocenters. The highest BCUT2D eigenvalue weighted by Gasteiger charge is 2.14. The molecular formula is C21H23ClN2O2S. The zero-order valence-corrected chi connectivity index (χ0v) is 17.3. The molecule has 4 nitrogen and oxygen atoms in total. The van der Waals surface area contributed by atoms with Gasteiger partial charge in [0.1, 0.15) is 16.5 Å². The van der Waals surface area contributed by atoms with Crippen LogP contribution in [0.25, 0.3) is 10.6 Å². The zero-order chi connectivity index (χ0) is 19.2. The van der Waals surface area contributed by atoms with Crippen molar-refractivity contribution in [2.24, 2.45) is 0 Å². The average molecular weight is 403 g/mol. The van der Waals surface area contributed by atoms with Gasteiger partial charge in [-0.25, -0.2) is 4.98 Å². The highest BCUT2D eigenvalue weighted by Crippen LogP contribution is 2.35. The lowest BCUT2D eigenvalue weighted by atomic mass is 10.2.